The topological polar surface area (TPSA) is 88.5 Å². The number of aliphatic carboxylic acids is 1. The number of rotatable bonds is 14. The van der Waals surface area contributed by atoms with Crippen molar-refractivity contribution >= 4 is 29.7 Å². The standard InChI is InChI=1S/C31H36N2O4/c1-3-31(4-2,30(35)36)22-29(34)33-27-16-8-13-25(21-27)18-19-26-15-9-17-28(32-26)23-37-20-10-14-24-11-6-5-7-12-24/h5-9,11-13,15-19,21H,3-4,10,14,20,22-23H2,1-2H3,(H,33,34)(H,35,36). The van der Waals surface area contributed by atoms with Crippen LogP contribution in [0, 0.1) is 5.41 Å². The van der Waals surface area contributed by atoms with E-state index in [0.717, 1.165) is 29.8 Å². The fourth-order valence-corrected chi connectivity index (χ4v) is 4.16. The zero-order chi connectivity index (χ0) is 26.5. The number of benzene rings is 2. The van der Waals surface area contributed by atoms with Gasteiger partial charge in [0.2, 0.25) is 5.91 Å². The highest BCUT2D eigenvalue weighted by atomic mass is 16.5. The van der Waals surface area contributed by atoms with Crippen molar-refractivity contribution in [1.29, 1.82) is 0 Å². The third-order valence-electron chi connectivity index (χ3n) is 6.60. The molecule has 1 aromatic heterocycles. The van der Waals surface area contributed by atoms with Crippen LogP contribution in [-0.4, -0.2) is 28.6 Å². The van der Waals surface area contributed by atoms with Crippen LogP contribution in [0.25, 0.3) is 12.2 Å². The van der Waals surface area contributed by atoms with Gasteiger partial charge in [0, 0.05) is 18.7 Å². The van der Waals surface area contributed by atoms with Crippen molar-refractivity contribution in [3.8, 4) is 0 Å². The van der Waals surface area contributed by atoms with Gasteiger partial charge in [0.25, 0.3) is 0 Å². The molecule has 1 heterocycles. The average Bonchev–Trinajstić information content (AvgIpc) is 2.91. The molecule has 0 radical (unpaired) electrons. The number of hydrogen-bond acceptors (Lipinski definition) is 4. The fraction of sp³-hybridized carbons (Fsp3) is 0.323. The van der Waals surface area contributed by atoms with E-state index in [9.17, 15) is 14.7 Å². The highest BCUT2D eigenvalue weighted by Crippen LogP contribution is 2.31. The maximum absolute atomic E-state index is 12.6. The smallest absolute Gasteiger partial charge is 0.310 e. The number of carbonyl (C=O) groups excluding carboxylic acids is 1. The summed E-state index contributed by atoms with van der Waals surface area (Å²) in [7, 11) is 0. The molecule has 0 aliphatic heterocycles. The van der Waals surface area contributed by atoms with Crippen molar-refractivity contribution in [3.63, 3.8) is 0 Å². The summed E-state index contributed by atoms with van der Waals surface area (Å²) >= 11 is 0. The van der Waals surface area contributed by atoms with Crippen LogP contribution in [0.15, 0.2) is 72.8 Å². The summed E-state index contributed by atoms with van der Waals surface area (Å²) in [5.74, 6) is -1.23. The molecule has 194 valence electrons. The number of carbonyl (C=O) groups is 2. The van der Waals surface area contributed by atoms with Gasteiger partial charge in [0.05, 0.1) is 23.4 Å². The summed E-state index contributed by atoms with van der Waals surface area (Å²) in [5, 5.41) is 12.4. The van der Waals surface area contributed by atoms with Crippen molar-refractivity contribution in [2.45, 2.75) is 52.6 Å². The van der Waals surface area contributed by atoms with E-state index in [-0.39, 0.29) is 12.3 Å². The van der Waals surface area contributed by atoms with E-state index in [1.165, 1.54) is 5.56 Å². The van der Waals surface area contributed by atoms with Crippen LogP contribution >= 0.6 is 0 Å². The molecular weight excluding hydrogens is 464 g/mol. The number of hydrogen-bond donors (Lipinski definition) is 2. The van der Waals surface area contributed by atoms with Crippen LogP contribution in [0.4, 0.5) is 5.69 Å². The number of ether oxygens (including phenoxy) is 1. The Morgan fingerprint density at radius 1 is 0.973 bits per heavy atom. The average molecular weight is 501 g/mol. The fourth-order valence-electron chi connectivity index (χ4n) is 4.16. The van der Waals surface area contributed by atoms with Gasteiger partial charge in [0.15, 0.2) is 0 Å². The van der Waals surface area contributed by atoms with E-state index in [0.29, 0.717) is 31.7 Å². The lowest BCUT2D eigenvalue weighted by atomic mass is 9.79. The van der Waals surface area contributed by atoms with Gasteiger partial charge >= 0.3 is 5.97 Å². The number of carboxylic acids is 1. The summed E-state index contributed by atoms with van der Waals surface area (Å²) in [6.45, 7) is 4.75. The predicted molar refractivity (Wildman–Crippen MR) is 148 cm³/mol. The molecule has 0 bridgehead atoms. The molecule has 1 amide bonds. The van der Waals surface area contributed by atoms with E-state index < -0.39 is 11.4 Å². The maximum Gasteiger partial charge on any atom is 0.310 e. The van der Waals surface area contributed by atoms with E-state index >= 15 is 0 Å². The van der Waals surface area contributed by atoms with Crippen LogP contribution in [0.1, 0.15) is 62.0 Å². The van der Waals surface area contributed by atoms with Crippen molar-refractivity contribution in [2.24, 2.45) is 5.41 Å². The number of anilines is 1. The number of aryl methyl sites for hydroxylation is 1. The first-order valence-electron chi connectivity index (χ1n) is 12.8. The third-order valence-corrected chi connectivity index (χ3v) is 6.60. The number of amides is 1. The summed E-state index contributed by atoms with van der Waals surface area (Å²) in [5.41, 5.74) is 3.50. The van der Waals surface area contributed by atoms with Gasteiger partial charge in [-0.05, 0) is 67.2 Å². The third kappa shape index (κ3) is 8.69. The lowest BCUT2D eigenvalue weighted by molar-refractivity contribution is -0.151. The van der Waals surface area contributed by atoms with Crippen LogP contribution in [0.5, 0.6) is 0 Å². The van der Waals surface area contributed by atoms with Gasteiger partial charge in [-0.2, -0.15) is 0 Å². The molecule has 0 saturated heterocycles. The molecule has 6 heteroatoms. The molecular formula is C31H36N2O4. The molecule has 0 saturated carbocycles. The minimum Gasteiger partial charge on any atom is -0.481 e. The zero-order valence-electron chi connectivity index (χ0n) is 21.7. The molecule has 3 rings (SSSR count). The molecule has 0 atom stereocenters. The minimum atomic E-state index is -1.04. The Bertz CT molecular complexity index is 1190. The minimum absolute atomic E-state index is 0.0551. The maximum atomic E-state index is 12.6. The molecule has 0 aliphatic carbocycles. The number of nitrogens with one attached hydrogen (secondary N) is 1. The Balaban J connectivity index is 1.52. The van der Waals surface area contributed by atoms with Crippen LogP contribution < -0.4 is 5.32 Å². The molecule has 37 heavy (non-hydrogen) atoms. The van der Waals surface area contributed by atoms with E-state index in [1.807, 2.05) is 54.6 Å². The molecule has 6 nitrogen and oxygen atoms in total. The van der Waals surface area contributed by atoms with Gasteiger partial charge < -0.3 is 15.2 Å². The Kier molecular flexibility index (Phi) is 10.6. The number of carboxylic acid groups (broad SMARTS) is 1. The first-order valence-corrected chi connectivity index (χ1v) is 12.8. The zero-order valence-corrected chi connectivity index (χ0v) is 21.7. The number of pyridine rings is 1. The lowest BCUT2D eigenvalue weighted by Gasteiger charge is -2.25. The van der Waals surface area contributed by atoms with E-state index in [1.54, 1.807) is 19.9 Å². The van der Waals surface area contributed by atoms with Crippen LogP contribution in [0.2, 0.25) is 0 Å². The SMILES string of the molecule is CCC(CC)(CC(=O)Nc1cccc(C=Cc2cccc(COCCCc3ccccc3)n2)c1)C(=O)O. The Hall–Kier alpha value is -3.77. The van der Waals surface area contributed by atoms with Gasteiger partial charge in [-0.25, -0.2) is 0 Å². The summed E-state index contributed by atoms with van der Waals surface area (Å²) in [4.78, 5) is 28.9. The molecule has 3 aromatic rings. The normalized spacial score (nSPS) is 11.5. The molecule has 0 spiro atoms. The van der Waals surface area contributed by atoms with Crippen LogP contribution in [-0.2, 0) is 27.4 Å². The quantitative estimate of drug-likeness (QED) is 0.243. The first kappa shape index (κ1) is 27.8. The molecule has 0 unspecified atom stereocenters. The van der Waals surface area contributed by atoms with E-state index in [2.05, 4.69) is 34.6 Å². The van der Waals surface area contributed by atoms with Crippen molar-refractivity contribution in [3.05, 3.63) is 95.3 Å². The Morgan fingerprint density at radius 3 is 2.46 bits per heavy atom. The Morgan fingerprint density at radius 2 is 1.73 bits per heavy atom. The van der Waals surface area contributed by atoms with Crippen molar-refractivity contribution < 1.29 is 19.4 Å². The molecule has 0 fully saturated rings. The van der Waals surface area contributed by atoms with Gasteiger partial charge in [-0.15, -0.1) is 0 Å². The van der Waals surface area contributed by atoms with E-state index in [4.69, 9.17) is 4.74 Å². The number of aromatic nitrogens is 1. The lowest BCUT2D eigenvalue weighted by Crippen LogP contribution is -2.34. The largest absolute Gasteiger partial charge is 0.481 e. The summed E-state index contributed by atoms with van der Waals surface area (Å²) in [6, 6.07) is 23.7. The second kappa shape index (κ2) is 14.1. The highest BCUT2D eigenvalue weighted by molar-refractivity contribution is 5.94. The van der Waals surface area contributed by atoms with Crippen LogP contribution in [0.3, 0.4) is 0 Å². The Labute approximate surface area is 219 Å². The highest BCUT2D eigenvalue weighted by Gasteiger charge is 2.37. The van der Waals surface area contributed by atoms with Crippen molar-refractivity contribution in [2.75, 3.05) is 11.9 Å². The van der Waals surface area contributed by atoms with Gasteiger partial charge in [0.1, 0.15) is 0 Å². The second-order valence-electron chi connectivity index (χ2n) is 9.17. The molecule has 2 N–H and O–H groups in total. The molecule has 2 aromatic carbocycles. The summed E-state index contributed by atoms with van der Waals surface area (Å²) in [6.07, 6.45) is 6.56. The first-order chi connectivity index (χ1) is 17.9. The van der Waals surface area contributed by atoms with Gasteiger partial charge in [-0.1, -0.05) is 68.5 Å². The predicted octanol–water partition coefficient (Wildman–Crippen LogP) is 6.62. The summed E-state index contributed by atoms with van der Waals surface area (Å²) < 4.78 is 5.81. The second-order valence-corrected chi connectivity index (χ2v) is 9.17. The monoisotopic (exact) mass is 500 g/mol. The number of nitrogens with zero attached hydrogens (tertiary/aromatic N) is 1. The van der Waals surface area contributed by atoms with Gasteiger partial charge in [-0.3, -0.25) is 14.6 Å². The van der Waals surface area contributed by atoms with Crippen molar-refractivity contribution in [1.82, 2.24) is 4.98 Å². The molecule has 0 aliphatic rings.